The minimum absolute atomic E-state index is 0.169. The van der Waals surface area contributed by atoms with Gasteiger partial charge in [0.1, 0.15) is 0 Å². The van der Waals surface area contributed by atoms with E-state index in [0.717, 1.165) is 32.7 Å². The zero-order chi connectivity index (χ0) is 11.8. The van der Waals surface area contributed by atoms with Crippen LogP contribution in [0.4, 0.5) is 0 Å². The van der Waals surface area contributed by atoms with Crippen molar-refractivity contribution in [3.8, 4) is 0 Å². The Bertz CT molecular complexity index is 297. The second-order valence-electron chi connectivity index (χ2n) is 5.53. The molecule has 0 aromatic carbocycles. The molecule has 90 valence electrons. The quantitative estimate of drug-likeness (QED) is 0.624. The lowest BCUT2D eigenvalue weighted by Crippen LogP contribution is -2.71. The van der Waals surface area contributed by atoms with Gasteiger partial charge in [0.25, 0.3) is 0 Å². The molecule has 0 N–H and O–H groups in total. The number of hydrogen-bond donors (Lipinski definition) is 0. The highest BCUT2D eigenvalue weighted by Crippen LogP contribution is 2.38. The van der Waals surface area contributed by atoms with Gasteiger partial charge in [0, 0.05) is 44.2 Å². The standard InChI is InChI=1S/C12H21N3O/c1-13(2)6-4-5-11(16)15-9-12(10-15)7-14(3)8-12/h4-5H,6-10H2,1-3H3/b5-4+. The molecule has 0 aromatic heterocycles. The van der Waals surface area contributed by atoms with Crippen LogP contribution in [0.3, 0.4) is 0 Å². The number of carbonyl (C=O) groups excluding carboxylic acids is 1. The number of rotatable bonds is 3. The average molecular weight is 223 g/mol. The Morgan fingerprint density at radius 3 is 2.44 bits per heavy atom. The van der Waals surface area contributed by atoms with Gasteiger partial charge in [0.15, 0.2) is 0 Å². The Morgan fingerprint density at radius 1 is 1.31 bits per heavy atom. The fourth-order valence-corrected chi connectivity index (χ4v) is 2.69. The van der Waals surface area contributed by atoms with Crippen LogP contribution in [0.2, 0.25) is 0 Å². The number of carbonyl (C=O) groups is 1. The smallest absolute Gasteiger partial charge is 0.246 e. The van der Waals surface area contributed by atoms with E-state index in [1.54, 1.807) is 6.08 Å². The first-order valence-electron chi connectivity index (χ1n) is 5.79. The van der Waals surface area contributed by atoms with Gasteiger partial charge in [0.2, 0.25) is 5.91 Å². The maximum Gasteiger partial charge on any atom is 0.246 e. The molecule has 2 saturated heterocycles. The summed E-state index contributed by atoms with van der Waals surface area (Å²) in [5.74, 6) is 0.169. The zero-order valence-electron chi connectivity index (χ0n) is 10.4. The third-order valence-electron chi connectivity index (χ3n) is 3.31. The molecule has 0 aromatic rings. The van der Waals surface area contributed by atoms with E-state index in [1.165, 1.54) is 0 Å². The second-order valence-corrected chi connectivity index (χ2v) is 5.53. The third kappa shape index (κ3) is 2.28. The molecule has 4 heteroatoms. The van der Waals surface area contributed by atoms with E-state index >= 15 is 0 Å². The molecule has 2 heterocycles. The summed E-state index contributed by atoms with van der Waals surface area (Å²) < 4.78 is 0. The number of amides is 1. The molecule has 2 rings (SSSR count). The first-order valence-corrected chi connectivity index (χ1v) is 5.79. The minimum atomic E-state index is 0.169. The van der Waals surface area contributed by atoms with Crippen molar-refractivity contribution in [2.75, 3.05) is 53.9 Å². The van der Waals surface area contributed by atoms with Gasteiger partial charge in [0.05, 0.1) is 0 Å². The number of hydrogen-bond acceptors (Lipinski definition) is 3. The van der Waals surface area contributed by atoms with E-state index in [0.29, 0.717) is 5.41 Å². The predicted octanol–water partition coefficient (Wildman–Crippen LogP) is -0.122. The number of likely N-dealkylation sites (N-methyl/N-ethyl adjacent to an activating group) is 1. The zero-order valence-corrected chi connectivity index (χ0v) is 10.4. The number of nitrogens with zero attached hydrogens (tertiary/aromatic N) is 3. The molecule has 0 aliphatic carbocycles. The maximum absolute atomic E-state index is 11.7. The summed E-state index contributed by atoms with van der Waals surface area (Å²) in [5, 5.41) is 0. The van der Waals surface area contributed by atoms with Gasteiger partial charge in [-0.05, 0) is 21.1 Å². The lowest BCUT2D eigenvalue weighted by Gasteiger charge is -2.59. The first kappa shape index (κ1) is 11.6. The van der Waals surface area contributed by atoms with Crippen molar-refractivity contribution in [3.05, 3.63) is 12.2 Å². The van der Waals surface area contributed by atoms with Crippen LogP contribution in [0, 0.1) is 5.41 Å². The van der Waals surface area contributed by atoms with E-state index < -0.39 is 0 Å². The molecular formula is C12H21N3O. The van der Waals surface area contributed by atoms with Gasteiger partial charge in [-0.3, -0.25) is 4.79 Å². The molecule has 0 radical (unpaired) electrons. The Kier molecular flexibility index (Phi) is 3.04. The lowest BCUT2D eigenvalue weighted by atomic mass is 9.73. The summed E-state index contributed by atoms with van der Waals surface area (Å²) in [5.41, 5.74) is 0.444. The summed E-state index contributed by atoms with van der Waals surface area (Å²) in [7, 11) is 6.13. The van der Waals surface area contributed by atoms with Crippen LogP contribution in [-0.2, 0) is 4.79 Å². The Labute approximate surface area is 97.5 Å². The summed E-state index contributed by atoms with van der Waals surface area (Å²) >= 11 is 0. The van der Waals surface area contributed by atoms with E-state index in [9.17, 15) is 4.79 Å². The highest BCUT2D eigenvalue weighted by Gasteiger charge is 2.51. The van der Waals surface area contributed by atoms with Crippen molar-refractivity contribution < 1.29 is 4.79 Å². The van der Waals surface area contributed by atoms with Gasteiger partial charge < -0.3 is 14.7 Å². The third-order valence-corrected chi connectivity index (χ3v) is 3.31. The molecule has 2 aliphatic rings. The summed E-state index contributed by atoms with van der Waals surface area (Å²) in [4.78, 5) is 18.0. The molecule has 2 fully saturated rings. The van der Waals surface area contributed by atoms with E-state index in [2.05, 4.69) is 11.9 Å². The van der Waals surface area contributed by atoms with Crippen LogP contribution < -0.4 is 0 Å². The highest BCUT2D eigenvalue weighted by molar-refractivity contribution is 5.88. The van der Waals surface area contributed by atoms with Crippen LogP contribution in [0.5, 0.6) is 0 Å². The first-order chi connectivity index (χ1) is 7.51. The summed E-state index contributed by atoms with van der Waals surface area (Å²) in [6.45, 7) is 5.02. The topological polar surface area (TPSA) is 26.8 Å². The fourth-order valence-electron chi connectivity index (χ4n) is 2.69. The number of likely N-dealkylation sites (tertiary alicyclic amines) is 2. The van der Waals surface area contributed by atoms with Crippen LogP contribution >= 0.6 is 0 Å². The van der Waals surface area contributed by atoms with E-state index in [-0.39, 0.29) is 5.91 Å². The predicted molar refractivity (Wildman–Crippen MR) is 64.2 cm³/mol. The fraction of sp³-hybridized carbons (Fsp3) is 0.750. The maximum atomic E-state index is 11.7. The molecule has 1 spiro atoms. The SMILES string of the molecule is CN(C)C/C=C/C(=O)N1CC2(CN(C)C2)C1. The van der Waals surface area contributed by atoms with Crippen molar-refractivity contribution in [3.63, 3.8) is 0 Å². The molecule has 0 saturated carbocycles. The Balaban J connectivity index is 1.71. The van der Waals surface area contributed by atoms with Crippen molar-refractivity contribution >= 4 is 5.91 Å². The highest BCUT2D eigenvalue weighted by atomic mass is 16.2. The van der Waals surface area contributed by atoms with Crippen LogP contribution in [0.15, 0.2) is 12.2 Å². The molecule has 1 amide bonds. The Hall–Kier alpha value is -0.870. The lowest BCUT2D eigenvalue weighted by molar-refractivity contribution is -0.151. The Morgan fingerprint density at radius 2 is 1.94 bits per heavy atom. The van der Waals surface area contributed by atoms with Gasteiger partial charge in [-0.25, -0.2) is 0 Å². The van der Waals surface area contributed by atoms with Gasteiger partial charge >= 0.3 is 0 Å². The molecule has 16 heavy (non-hydrogen) atoms. The van der Waals surface area contributed by atoms with Crippen LogP contribution in [0.1, 0.15) is 0 Å². The monoisotopic (exact) mass is 223 g/mol. The van der Waals surface area contributed by atoms with Crippen LogP contribution in [0.25, 0.3) is 0 Å². The molecular weight excluding hydrogens is 202 g/mol. The summed E-state index contributed by atoms with van der Waals surface area (Å²) in [6, 6.07) is 0. The molecule has 4 nitrogen and oxygen atoms in total. The van der Waals surface area contributed by atoms with Crippen molar-refractivity contribution in [1.29, 1.82) is 0 Å². The van der Waals surface area contributed by atoms with Gasteiger partial charge in [-0.2, -0.15) is 0 Å². The van der Waals surface area contributed by atoms with Crippen molar-refractivity contribution in [1.82, 2.24) is 14.7 Å². The van der Waals surface area contributed by atoms with E-state index in [4.69, 9.17) is 0 Å². The van der Waals surface area contributed by atoms with Crippen molar-refractivity contribution in [2.24, 2.45) is 5.41 Å². The molecule has 0 atom stereocenters. The molecule has 0 unspecified atom stereocenters. The summed E-state index contributed by atoms with van der Waals surface area (Å²) in [6.07, 6.45) is 3.63. The largest absolute Gasteiger partial charge is 0.338 e. The molecule has 2 aliphatic heterocycles. The molecule has 0 bridgehead atoms. The van der Waals surface area contributed by atoms with Crippen molar-refractivity contribution in [2.45, 2.75) is 0 Å². The normalized spacial score (nSPS) is 23.9. The van der Waals surface area contributed by atoms with Gasteiger partial charge in [-0.15, -0.1) is 0 Å². The van der Waals surface area contributed by atoms with Crippen LogP contribution in [-0.4, -0.2) is 74.5 Å². The average Bonchev–Trinajstić information content (AvgIpc) is 2.07. The van der Waals surface area contributed by atoms with E-state index in [1.807, 2.05) is 30.0 Å². The minimum Gasteiger partial charge on any atom is -0.338 e. The van der Waals surface area contributed by atoms with Gasteiger partial charge in [-0.1, -0.05) is 6.08 Å². The second kappa shape index (κ2) is 4.18.